The lowest BCUT2D eigenvalue weighted by molar-refractivity contribution is -0.140. The zero-order valence-electron chi connectivity index (χ0n) is 9.77. The molecule has 0 N–H and O–H groups in total. The molecule has 0 aliphatic heterocycles. The molecular formula is C11H16N2O2S. The highest BCUT2D eigenvalue weighted by molar-refractivity contribution is 8.00. The minimum Gasteiger partial charge on any atom is -0.468 e. The van der Waals surface area contributed by atoms with E-state index in [4.69, 9.17) is 4.74 Å². The molecule has 2 rings (SSSR count). The van der Waals surface area contributed by atoms with Gasteiger partial charge in [-0.2, -0.15) is 5.10 Å². The van der Waals surface area contributed by atoms with Crippen LogP contribution in [0.15, 0.2) is 11.1 Å². The number of methoxy groups -OCH3 is 1. The van der Waals surface area contributed by atoms with E-state index in [9.17, 15) is 4.79 Å². The first-order valence-corrected chi connectivity index (χ1v) is 6.25. The van der Waals surface area contributed by atoms with Crippen LogP contribution in [0, 0.1) is 12.8 Å². The van der Waals surface area contributed by atoms with E-state index in [1.807, 2.05) is 24.7 Å². The van der Waals surface area contributed by atoms with Gasteiger partial charge in [-0.1, -0.05) is 11.8 Å². The number of esters is 1. The monoisotopic (exact) mass is 240 g/mol. The van der Waals surface area contributed by atoms with E-state index in [2.05, 4.69) is 5.10 Å². The number of aromatic nitrogens is 2. The van der Waals surface area contributed by atoms with Crippen LogP contribution in [-0.2, 0) is 16.6 Å². The van der Waals surface area contributed by atoms with Crippen molar-refractivity contribution in [2.75, 3.05) is 7.11 Å². The van der Waals surface area contributed by atoms with E-state index >= 15 is 0 Å². The van der Waals surface area contributed by atoms with Gasteiger partial charge in [0.2, 0.25) is 0 Å². The standard InChI is InChI=1S/C11H16N2O2S/c1-7-6-9(13(2)12-7)16-10(8-4-5-8)11(14)15-3/h6,8,10H,4-5H2,1-3H3. The third-order valence-electron chi connectivity index (χ3n) is 2.69. The van der Waals surface area contributed by atoms with E-state index in [-0.39, 0.29) is 11.2 Å². The van der Waals surface area contributed by atoms with Gasteiger partial charge in [0, 0.05) is 7.05 Å². The van der Waals surface area contributed by atoms with Gasteiger partial charge in [-0.15, -0.1) is 0 Å². The van der Waals surface area contributed by atoms with Crippen LogP contribution in [0.3, 0.4) is 0 Å². The SMILES string of the molecule is COC(=O)C(Sc1cc(C)nn1C)C1CC1. The van der Waals surface area contributed by atoms with Crippen LogP contribution in [0.2, 0.25) is 0 Å². The number of thioether (sulfide) groups is 1. The summed E-state index contributed by atoms with van der Waals surface area (Å²) < 4.78 is 6.66. The van der Waals surface area contributed by atoms with Gasteiger partial charge in [0.1, 0.15) is 5.25 Å². The van der Waals surface area contributed by atoms with E-state index in [0.29, 0.717) is 5.92 Å². The Labute approximate surface area is 99.4 Å². The predicted octanol–water partition coefficient (Wildman–Crippen LogP) is 1.77. The van der Waals surface area contributed by atoms with Crippen LogP contribution >= 0.6 is 11.8 Å². The molecule has 0 saturated heterocycles. The van der Waals surface area contributed by atoms with Gasteiger partial charge in [-0.25, -0.2) is 0 Å². The summed E-state index contributed by atoms with van der Waals surface area (Å²) in [5.41, 5.74) is 0.976. The van der Waals surface area contributed by atoms with Crippen molar-refractivity contribution >= 4 is 17.7 Å². The molecule has 1 unspecified atom stereocenters. The van der Waals surface area contributed by atoms with Gasteiger partial charge in [-0.05, 0) is 31.7 Å². The summed E-state index contributed by atoms with van der Waals surface area (Å²) in [6, 6.07) is 2.00. The Kier molecular flexibility index (Phi) is 3.23. The Bertz CT molecular complexity index is 399. The molecule has 0 bridgehead atoms. The number of hydrogen-bond acceptors (Lipinski definition) is 4. The Morgan fingerprint density at radius 2 is 2.38 bits per heavy atom. The molecule has 1 aliphatic carbocycles. The molecule has 1 aliphatic rings. The van der Waals surface area contributed by atoms with Crippen LogP contribution in [0.4, 0.5) is 0 Å². The molecule has 1 saturated carbocycles. The van der Waals surface area contributed by atoms with Gasteiger partial charge in [0.05, 0.1) is 17.8 Å². The van der Waals surface area contributed by atoms with E-state index in [1.165, 1.54) is 7.11 Å². The van der Waals surface area contributed by atoms with Gasteiger partial charge in [0.15, 0.2) is 0 Å². The minimum atomic E-state index is -0.119. The molecule has 1 heterocycles. The van der Waals surface area contributed by atoms with Crippen molar-refractivity contribution in [1.29, 1.82) is 0 Å². The average Bonchev–Trinajstić information content (AvgIpc) is 3.02. The lowest BCUT2D eigenvalue weighted by Crippen LogP contribution is -2.21. The fourth-order valence-corrected chi connectivity index (χ4v) is 3.03. The zero-order valence-corrected chi connectivity index (χ0v) is 10.6. The van der Waals surface area contributed by atoms with Gasteiger partial charge in [0.25, 0.3) is 0 Å². The molecular weight excluding hydrogens is 224 g/mol. The number of aryl methyl sites for hydroxylation is 2. The van der Waals surface area contributed by atoms with Crippen LogP contribution in [0.25, 0.3) is 0 Å². The molecule has 0 spiro atoms. The first-order chi connectivity index (χ1) is 7.61. The third-order valence-corrected chi connectivity index (χ3v) is 4.15. The smallest absolute Gasteiger partial charge is 0.319 e. The highest BCUT2D eigenvalue weighted by atomic mass is 32.2. The zero-order chi connectivity index (χ0) is 11.7. The molecule has 0 amide bonds. The van der Waals surface area contributed by atoms with Gasteiger partial charge >= 0.3 is 5.97 Å². The summed E-state index contributed by atoms with van der Waals surface area (Å²) in [4.78, 5) is 11.6. The summed E-state index contributed by atoms with van der Waals surface area (Å²) in [7, 11) is 3.35. The van der Waals surface area contributed by atoms with E-state index in [0.717, 1.165) is 23.6 Å². The van der Waals surface area contributed by atoms with Crippen molar-refractivity contribution in [1.82, 2.24) is 9.78 Å². The summed E-state index contributed by atoms with van der Waals surface area (Å²) in [6.07, 6.45) is 2.26. The maximum absolute atomic E-state index is 11.6. The summed E-state index contributed by atoms with van der Waals surface area (Å²) in [5, 5.41) is 5.23. The molecule has 88 valence electrons. The lowest BCUT2D eigenvalue weighted by atomic mass is 10.3. The molecule has 16 heavy (non-hydrogen) atoms. The second-order valence-corrected chi connectivity index (χ2v) is 5.31. The Morgan fingerprint density at radius 3 is 2.81 bits per heavy atom. The molecule has 1 atom stereocenters. The molecule has 1 aromatic heterocycles. The second-order valence-electron chi connectivity index (χ2n) is 4.15. The van der Waals surface area contributed by atoms with E-state index in [1.54, 1.807) is 11.8 Å². The minimum absolute atomic E-state index is 0.0696. The molecule has 0 radical (unpaired) electrons. The quantitative estimate of drug-likeness (QED) is 0.594. The first kappa shape index (κ1) is 11.5. The second kappa shape index (κ2) is 4.49. The van der Waals surface area contributed by atoms with Crippen molar-refractivity contribution in [3.63, 3.8) is 0 Å². The summed E-state index contributed by atoms with van der Waals surface area (Å²) >= 11 is 1.57. The number of rotatable bonds is 4. The van der Waals surface area contributed by atoms with Crippen molar-refractivity contribution < 1.29 is 9.53 Å². The number of ether oxygens (including phenoxy) is 1. The van der Waals surface area contributed by atoms with Crippen molar-refractivity contribution in [3.8, 4) is 0 Å². The fourth-order valence-electron chi connectivity index (χ4n) is 1.68. The highest BCUT2D eigenvalue weighted by Gasteiger charge is 2.38. The predicted molar refractivity (Wildman–Crippen MR) is 62.3 cm³/mol. The van der Waals surface area contributed by atoms with Crippen LogP contribution in [0.5, 0.6) is 0 Å². The maximum Gasteiger partial charge on any atom is 0.319 e. The molecule has 1 aromatic rings. The normalized spacial score (nSPS) is 17.2. The largest absolute Gasteiger partial charge is 0.468 e. The summed E-state index contributed by atoms with van der Waals surface area (Å²) in [6.45, 7) is 1.95. The Balaban J connectivity index is 2.11. The molecule has 4 nitrogen and oxygen atoms in total. The average molecular weight is 240 g/mol. The molecule has 0 aromatic carbocycles. The van der Waals surface area contributed by atoms with Crippen LogP contribution in [-0.4, -0.2) is 28.1 Å². The molecule has 1 fully saturated rings. The lowest BCUT2D eigenvalue weighted by Gasteiger charge is -2.12. The maximum atomic E-state index is 11.6. The van der Waals surface area contributed by atoms with Crippen molar-refractivity contribution in [3.05, 3.63) is 11.8 Å². The fraction of sp³-hybridized carbons (Fsp3) is 0.636. The highest BCUT2D eigenvalue weighted by Crippen LogP contribution is 2.42. The van der Waals surface area contributed by atoms with Crippen molar-refractivity contribution in [2.45, 2.75) is 30.0 Å². The third kappa shape index (κ3) is 2.40. The molecule has 5 heteroatoms. The number of carbonyl (C=O) groups excluding carboxylic acids is 1. The van der Waals surface area contributed by atoms with Crippen LogP contribution < -0.4 is 0 Å². The van der Waals surface area contributed by atoms with Crippen LogP contribution in [0.1, 0.15) is 18.5 Å². The van der Waals surface area contributed by atoms with Gasteiger partial charge < -0.3 is 4.74 Å². The first-order valence-electron chi connectivity index (χ1n) is 5.37. The van der Waals surface area contributed by atoms with E-state index < -0.39 is 0 Å². The topological polar surface area (TPSA) is 44.1 Å². The summed E-state index contributed by atoms with van der Waals surface area (Å²) in [5.74, 6) is 0.360. The van der Waals surface area contributed by atoms with Gasteiger partial charge in [-0.3, -0.25) is 9.48 Å². The Morgan fingerprint density at radius 1 is 1.69 bits per heavy atom. The number of hydrogen-bond donors (Lipinski definition) is 0. The Hall–Kier alpha value is -0.970. The van der Waals surface area contributed by atoms with Crippen molar-refractivity contribution in [2.24, 2.45) is 13.0 Å². The number of carbonyl (C=O) groups is 1. The number of nitrogens with zero attached hydrogens (tertiary/aromatic N) is 2.